The van der Waals surface area contributed by atoms with E-state index in [4.69, 9.17) is 0 Å². The molecule has 0 bridgehead atoms. The first kappa shape index (κ1) is 18.3. The molecular weight excluding hydrogens is 268 g/mol. The molecule has 22 heavy (non-hydrogen) atoms. The van der Waals surface area contributed by atoms with Gasteiger partial charge in [0.25, 0.3) is 0 Å². The van der Waals surface area contributed by atoms with E-state index in [9.17, 15) is 0 Å². The zero-order valence-electron chi connectivity index (χ0n) is 15.9. The van der Waals surface area contributed by atoms with Crippen LogP contribution in [0.5, 0.6) is 0 Å². The Kier molecular flexibility index (Phi) is 6.76. The van der Waals surface area contributed by atoms with Crippen molar-refractivity contribution in [1.82, 2.24) is 10.6 Å². The van der Waals surface area contributed by atoms with E-state index in [1.807, 2.05) is 0 Å². The molecule has 6 atom stereocenters. The number of hydrogen-bond donors (Lipinski definition) is 2. The minimum absolute atomic E-state index is 0.758. The standard InChI is InChI=1S/C20H40N2/c1-13(2)18-9-10-19(22-18)16(6)8-7-15(5)17-11-20(14(3)4)21-12-17/h13-22H,7-12H2,1-6H3. The monoisotopic (exact) mass is 308 g/mol. The summed E-state index contributed by atoms with van der Waals surface area (Å²) in [5.41, 5.74) is 0. The van der Waals surface area contributed by atoms with Gasteiger partial charge >= 0.3 is 0 Å². The van der Waals surface area contributed by atoms with Crippen LogP contribution in [0.25, 0.3) is 0 Å². The van der Waals surface area contributed by atoms with Crippen molar-refractivity contribution in [2.24, 2.45) is 29.6 Å². The molecule has 2 aliphatic rings. The average molecular weight is 309 g/mol. The van der Waals surface area contributed by atoms with E-state index in [1.54, 1.807) is 0 Å². The Balaban J connectivity index is 1.69. The fraction of sp³-hybridized carbons (Fsp3) is 1.00. The predicted molar refractivity (Wildman–Crippen MR) is 97.1 cm³/mol. The molecule has 2 heteroatoms. The minimum Gasteiger partial charge on any atom is -0.313 e. The Morgan fingerprint density at radius 1 is 0.773 bits per heavy atom. The summed E-state index contributed by atoms with van der Waals surface area (Å²) < 4.78 is 0. The van der Waals surface area contributed by atoms with Crippen molar-refractivity contribution >= 4 is 0 Å². The second-order valence-corrected chi connectivity index (χ2v) is 8.99. The van der Waals surface area contributed by atoms with Gasteiger partial charge in [-0.25, -0.2) is 0 Å². The number of rotatable bonds is 7. The summed E-state index contributed by atoms with van der Waals surface area (Å²) in [4.78, 5) is 0. The molecule has 0 aromatic heterocycles. The lowest BCUT2D eigenvalue weighted by atomic mass is 9.83. The van der Waals surface area contributed by atoms with Crippen LogP contribution in [-0.4, -0.2) is 24.7 Å². The molecule has 0 saturated carbocycles. The summed E-state index contributed by atoms with van der Waals surface area (Å²) >= 11 is 0. The predicted octanol–water partition coefficient (Wildman–Crippen LogP) is 4.45. The second kappa shape index (κ2) is 8.15. The van der Waals surface area contributed by atoms with Gasteiger partial charge in [0.2, 0.25) is 0 Å². The van der Waals surface area contributed by atoms with Crippen LogP contribution < -0.4 is 10.6 Å². The van der Waals surface area contributed by atoms with Crippen molar-refractivity contribution in [1.29, 1.82) is 0 Å². The Labute approximate surface area is 139 Å². The summed E-state index contributed by atoms with van der Waals surface area (Å²) in [5.74, 6) is 4.18. The Morgan fingerprint density at radius 2 is 1.36 bits per heavy atom. The lowest BCUT2D eigenvalue weighted by molar-refractivity contribution is 0.291. The van der Waals surface area contributed by atoms with E-state index >= 15 is 0 Å². The summed E-state index contributed by atoms with van der Waals surface area (Å²) in [7, 11) is 0. The third-order valence-corrected chi connectivity index (χ3v) is 6.59. The molecular formula is C20H40N2. The summed E-state index contributed by atoms with van der Waals surface area (Å²) in [6.07, 6.45) is 6.96. The molecule has 2 saturated heterocycles. The highest BCUT2D eigenvalue weighted by Crippen LogP contribution is 2.31. The van der Waals surface area contributed by atoms with Gasteiger partial charge < -0.3 is 10.6 Å². The molecule has 0 amide bonds. The van der Waals surface area contributed by atoms with Crippen molar-refractivity contribution in [3.63, 3.8) is 0 Å². The normalized spacial score (nSPS) is 35.5. The van der Waals surface area contributed by atoms with E-state index in [0.717, 1.165) is 47.7 Å². The van der Waals surface area contributed by atoms with Crippen molar-refractivity contribution in [2.45, 2.75) is 91.8 Å². The third kappa shape index (κ3) is 4.71. The first-order valence-corrected chi connectivity index (χ1v) is 9.87. The van der Waals surface area contributed by atoms with E-state index in [1.165, 1.54) is 38.6 Å². The van der Waals surface area contributed by atoms with Crippen molar-refractivity contribution in [3.05, 3.63) is 0 Å². The first-order chi connectivity index (χ1) is 10.4. The van der Waals surface area contributed by atoms with Gasteiger partial charge in [-0.2, -0.15) is 0 Å². The highest BCUT2D eigenvalue weighted by Gasteiger charge is 2.32. The van der Waals surface area contributed by atoms with Gasteiger partial charge in [-0.1, -0.05) is 48.0 Å². The summed E-state index contributed by atoms with van der Waals surface area (Å²) in [5, 5.41) is 7.63. The highest BCUT2D eigenvalue weighted by molar-refractivity contribution is 4.89. The largest absolute Gasteiger partial charge is 0.313 e. The fourth-order valence-electron chi connectivity index (χ4n) is 4.47. The van der Waals surface area contributed by atoms with Crippen LogP contribution in [0.15, 0.2) is 0 Å². The Hall–Kier alpha value is -0.0800. The van der Waals surface area contributed by atoms with Crippen LogP contribution in [0.3, 0.4) is 0 Å². The van der Waals surface area contributed by atoms with Crippen LogP contribution in [0.1, 0.15) is 73.6 Å². The maximum absolute atomic E-state index is 3.89. The maximum Gasteiger partial charge on any atom is 0.00959 e. The number of nitrogens with one attached hydrogen (secondary N) is 2. The van der Waals surface area contributed by atoms with Crippen molar-refractivity contribution in [3.8, 4) is 0 Å². The third-order valence-electron chi connectivity index (χ3n) is 6.59. The quantitative estimate of drug-likeness (QED) is 0.726. The smallest absolute Gasteiger partial charge is 0.00959 e. The van der Waals surface area contributed by atoms with Crippen LogP contribution >= 0.6 is 0 Å². The lowest BCUT2D eigenvalue weighted by Gasteiger charge is -2.25. The molecule has 2 fully saturated rings. The van der Waals surface area contributed by atoms with Gasteiger partial charge in [0, 0.05) is 18.1 Å². The molecule has 2 heterocycles. The molecule has 2 N–H and O–H groups in total. The van der Waals surface area contributed by atoms with Gasteiger partial charge in [-0.3, -0.25) is 0 Å². The number of hydrogen-bond acceptors (Lipinski definition) is 2. The van der Waals surface area contributed by atoms with Crippen LogP contribution in [0.2, 0.25) is 0 Å². The molecule has 2 aliphatic heterocycles. The Bertz CT molecular complexity index is 294. The maximum atomic E-state index is 3.89. The van der Waals surface area contributed by atoms with Gasteiger partial charge in [0.05, 0.1) is 0 Å². The van der Waals surface area contributed by atoms with E-state index in [-0.39, 0.29) is 0 Å². The molecule has 0 aromatic carbocycles. The van der Waals surface area contributed by atoms with E-state index in [2.05, 4.69) is 52.2 Å². The molecule has 2 nitrogen and oxygen atoms in total. The van der Waals surface area contributed by atoms with Crippen LogP contribution in [0.4, 0.5) is 0 Å². The molecule has 0 aliphatic carbocycles. The summed E-state index contributed by atoms with van der Waals surface area (Å²) in [6, 6.07) is 2.29. The topological polar surface area (TPSA) is 24.1 Å². The van der Waals surface area contributed by atoms with Crippen LogP contribution in [0, 0.1) is 29.6 Å². The Morgan fingerprint density at radius 3 is 1.91 bits per heavy atom. The first-order valence-electron chi connectivity index (χ1n) is 9.87. The highest BCUT2D eigenvalue weighted by atomic mass is 15.0. The second-order valence-electron chi connectivity index (χ2n) is 8.99. The molecule has 2 rings (SSSR count). The molecule has 0 aromatic rings. The van der Waals surface area contributed by atoms with E-state index < -0.39 is 0 Å². The molecule has 0 spiro atoms. The van der Waals surface area contributed by atoms with Crippen molar-refractivity contribution < 1.29 is 0 Å². The fourth-order valence-corrected chi connectivity index (χ4v) is 4.47. The van der Waals surface area contributed by atoms with Crippen LogP contribution in [-0.2, 0) is 0 Å². The molecule has 6 unspecified atom stereocenters. The van der Waals surface area contributed by atoms with Gasteiger partial charge in [0.1, 0.15) is 0 Å². The van der Waals surface area contributed by atoms with E-state index in [0.29, 0.717) is 0 Å². The molecule has 0 radical (unpaired) electrons. The molecule has 130 valence electrons. The zero-order valence-corrected chi connectivity index (χ0v) is 15.9. The van der Waals surface area contributed by atoms with Gasteiger partial charge in [0.15, 0.2) is 0 Å². The average Bonchev–Trinajstić information content (AvgIpc) is 3.12. The zero-order chi connectivity index (χ0) is 16.3. The van der Waals surface area contributed by atoms with Crippen molar-refractivity contribution in [2.75, 3.05) is 6.54 Å². The lowest BCUT2D eigenvalue weighted by Crippen LogP contribution is -2.36. The SMILES string of the molecule is CC(C)C1CC(C(C)CCC(C)C2CCC(C(C)C)N2)CN1. The van der Waals surface area contributed by atoms with Gasteiger partial charge in [-0.05, 0) is 61.8 Å². The summed E-state index contributed by atoms with van der Waals surface area (Å²) in [6.45, 7) is 15.6. The van der Waals surface area contributed by atoms with Gasteiger partial charge in [-0.15, -0.1) is 0 Å². The minimum atomic E-state index is 0.758.